The molecule has 0 saturated carbocycles. The molecule has 1 aromatic carbocycles. The van der Waals surface area contributed by atoms with Gasteiger partial charge >= 0.3 is 0 Å². The van der Waals surface area contributed by atoms with Crippen LogP contribution in [0.5, 0.6) is 0 Å². The molecule has 2 aliphatic rings. The molecule has 0 saturated heterocycles. The van der Waals surface area contributed by atoms with Gasteiger partial charge in [0.1, 0.15) is 10.7 Å². The van der Waals surface area contributed by atoms with Crippen molar-refractivity contribution >= 4 is 45.2 Å². The first-order valence-electron chi connectivity index (χ1n) is 9.95. The number of nitrogens with one attached hydrogen (secondary N) is 1. The Bertz CT molecular complexity index is 1180. The van der Waals surface area contributed by atoms with Crippen LogP contribution >= 0.6 is 11.3 Å². The fraction of sp³-hybridized carbons (Fsp3) is 0.217. The largest absolute Gasteiger partial charge is 0.320 e. The molecule has 1 aliphatic carbocycles. The Morgan fingerprint density at radius 2 is 2.00 bits per heavy atom. The number of nitrogens with zero attached hydrogens (tertiary/aromatic N) is 3. The zero-order chi connectivity index (χ0) is 20.7. The fourth-order valence-electron chi connectivity index (χ4n) is 4.05. The summed E-state index contributed by atoms with van der Waals surface area (Å²) in [4.78, 5) is 37.7. The lowest BCUT2D eigenvalue weighted by atomic mass is 9.95. The summed E-state index contributed by atoms with van der Waals surface area (Å²) in [7, 11) is 1.75. The molecule has 3 aromatic rings. The summed E-state index contributed by atoms with van der Waals surface area (Å²) in [6.07, 6.45) is 7.25. The maximum Gasteiger partial charge on any atom is 0.277 e. The first-order valence-corrected chi connectivity index (χ1v) is 10.8. The van der Waals surface area contributed by atoms with Crippen molar-refractivity contribution in [3.05, 3.63) is 70.4 Å². The zero-order valence-corrected chi connectivity index (χ0v) is 17.3. The van der Waals surface area contributed by atoms with Gasteiger partial charge in [0.15, 0.2) is 0 Å². The second-order valence-corrected chi connectivity index (χ2v) is 8.51. The molecular formula is C23H20N4O2S. The van der Waals surface area contributed by atoms with Crippen LogP contribution in [0.1, 0.15) is 39.2 Å². The normalized spacial score (nSPS) is 16.5. The number of aromatic nitrogens is 1. The van der Waals surface area contributed by atoms with E-state index in [1.807, 2.05) is 24.3 Å². The van der Waals surface area contributed by atoms with Crippen LogP contribution in [0.25, 0.3) is 0 Å². The number of fused-ring (bicyclic) bond motifs is 2. The Hall–Kier alpha value is -3.32. The number of carbonyl (C=O) groups is 2. The van der Waals surface area contributed by atoms with Gasteiger partial charge in [0.25, 0.3) is 11.8 Å². The lowest BCUT2D eigenvalue weighted by molar-refractivity contribution is -0.111. The van der Waals surface area contributed by atoms with E-state index in [4.69, 9.17) is 4.99 Å². The average Bonchev–Trinajstić information content (AvgIpc) is 3.25. The van der Waals surface area contributed by atoms with Gasteiger partial charge in [-0.15, -0.1) is 11.3 Å². The average molecular weight is 417 g/mol. The maximum atomic E-state index is 13.2. The first kappa shape index (κ1) is 18.7. The number of likely N-dealkylation sites (N-methyl/N-ethyl adjacent to an activating group) is 1. The highest BCUT2D eigenvalue weighted by atomic mass is 32.1. The summed E-state index contributed by atoms with van der Waals surface area (Å²) in [5.41, 5.74) is 4.32. The van der Waals surface area contributed by atoms with E-state index < -0.39 is 0 Å². The Labute approximate surface area is 178 Å². The number of benzene rings is 1. The highest BCUT2D eigenvalue weighted by Gasteiger charge is 2.33. The van der Waals surface area contributed by atoms with Crippen LogP contribution in [0.2, 0.25) is 0 Å². The number of pyridine rings is 1. The van der Waals surface area contributed by atoms with Crippen molar-refractivity contribution in [2.24, 2.45) is 4.99 Å². The first-order chi connectivity index (χ1) is 14.6. The number of thiophene rings is 1. The number of hydrogen-bond acceptors (Lipinski definition) is 5. The van der Waals surface area contributed by atoms with Crippen molar-refractivity contribution in [3.63, 3.8) is 0 Å². The Morgan fingerprint density at radius 1 is 1.17 bits per heavy atom. The molecule has 5 rings (SSSR count). The van der Waals surface area contributed by atoms with Gasteiger partial charge in [0.05, 0.1) is 23.1 Å². The predicted octanol–water partition coefficient (Wildman–Crippen LogP) is 4.37. The molecule has 0 spiro atoms. The van der Waals surface area contributed by atoms with Crippen molar-refractivity contribution in [1.29, 1.82) is 0 Å². The summed E-state index contributed by atoms with van der Waals surface area (Å²) in [5, 5.41) is 3.55. The Balaban J connectivity index is 1.61. The minimum atomic E-state index is -0.200. The third-order valence-electron chi connectivity index (χ3n) is 5.54. The molecule has 0 radical (unpaired) electrons. The van der Waals surface area contributed by atoms with Crippen LogP contribution in [0.4, 0.5) is 16.4 Å². The lowest BCUT2D eigenvalue weighted by Gasteiger charge is -2.12. The van der Waals surface area contributed by atoms with Crippen molar-refractivity contribution in [3.8, 4) is 0 Å². The molecule has 0 fully saturated rings. The van der Waals surface area contributed by atoms with Crippen LogP contribution in [0.3, 0.4) is 0 Å². The number of hydrogen-bond donors (Lipinski definition) is 1. The van der Waals surface area contributed by atoms with Gasteiger partial charge < -0.3 is 10.2 Å². The van der Waals surface area contributed by atoms with Crippen molar-refractivity contribution < 1.29 is 9.59 Å². The molecule has 150 valence electrons. The fourth-order valence-corrected chi connectivity index (χ4v) is 5.32. The molecule has 0 unspecified atom stereocenters. The van der Waals surface area contributed by atoms with Gasteiger partial charge in [-0.05, 0) is 49.4 Å². The topological polar surface area (TPSA) is 74.7 Å². The van der Waals surface area contributed by atoms with Crippen LogP contribution in [0, 0.1) is 0 Å². The number of rotatable bonds is 3. The molecule has 2 amide bonds. The van der Waals surface area contributed by atoms with E-state index in [-0.39, 0.29) is 11.8 Å². The number of aliphatic imine (C=N–C) groups is 1. The van der Waals surface area contributed by atoms with E-state index >= 15 is 0 Å². The van der Waals surface area contributed by atoms with Crippen molar-refractivity contribution in [1.82, 2.24) is 4.98 Å². The van der Waals surface area contributed by atoms with Crippen LogP contribution in [-0.2, 0) is 17.6 Å². The van der Waals surface area contributed by atoms with Gasteiger partial charge in [-0.25, -0.2) is 4.99 Å². The molecule has 0 bridgehead atoms. The van der Waals surface area contributed by atoms with E-state index in [9.17, 15) is 9.59 Å². The van der Waals surface area contributed by atoms with Gasteiger partial charge in [-0.1, -0.05) is 18.2 Å². The summed E-state index contributed by atoms with van der Waals surface area (Å²) in [6, 6.07) is 11.2. The number of carbonyl (C=O) groups excluding carboxylic acids is 2. The minimum Gasteiger partial charge on any atom is -0.320 e. The molecular weight excluding hydrogens is 396 g/mol. The quantitative estimate of drug-likeness (QED) is 0.689. The smallest absolute Gasteiger partial charge is 0.277 e. The minimum absolute atomic E-state index is 0.152. The predicted molar refractivity (Wildman–Crippen MR) is 119 cm³/mol. The molecule has 1 aliphatic heterocycles. The van der Waals surface area contributed by atoms with Gasteiger partial charge in [-0.2, -0.15) is 0 Å². The standard InChI is InChI=1S/C23H20N4O2S/c1-27-17-10-4-2-8-15(17)20(23(27)29)26-22-19(16-9-3-5-11-18(16)30-22)21(28)25-14-7-6-12-24-13-14/h2,4,6-8,10,12-13H,3,5,9,11H2,1H3,(H,25,28). The van der Waals surface area contributed by atoms with Crippen LogP contribution < -0.4 is 10.2 Å². The third kappa shape index (κ3) is 3.11. The second kappa shape index (κ2) is 7.50. The second-order valence-electron chi connectivity index (χ2n) is 7.43. The van der Waals surface area contributed by atoms with E-state index in [1.54, 1.807) is 36.5 Å². The summed E-state index contributed by atoms with van der Waals surface area (Å²) < 4.78 is 0. The van der Waals surface area contributed by atoms with E-state index in [0.29, 0.717) is 22.0 Å². The molecule has 7 heteroatoms. The summed E-state index contributed by atoms with van der Waals surface area (Å²) in [5.74, 6) is -0.352. The third-order valence-corrected chi connectivity index (χ3v) is 6.73. The number of aryl methyl sites for hydroxylation is 1. The SMILES string of the molecule is CN1C(=O)C(=Nc2sc3c(c2C(=O)Nc2cccnc2)CCCC3)c2ccccc21. The van der Waals surface area contributed by atoms with E-state index in [2.05, 4.69) is 10.3 Å². The van der Waals surface area contributed by atoms with Gasteiger partial charge in [0.2, 0.25) is 0 Å². The van der Waals surface area contributed by atoms with E-state index in [0.717, 1.165) is 42.5 Å². The maximum absolute atomic E-state index is 13.2. The van der Waals surface area contributed by atoms with Crippen LogP contribution in [0.15, 0.2) is 53.8 Å². The molecule has 6 nitrogen and oxygen atoms in total. The highest BCUT2D eigenvalue weighted by molar-refractivity contribution is 7.16. The Kier molecular flexibility index (Phi) is 4.67. The molecule has 30 heavy (non-hydrogen) atoms. The van der Waals surface area contributed by atoms with Crippen LogP contribution in [-0.4, -0.2) is 29.6 Å². The summed E-state index contributed by atoms with van der Waals surface area (Å²) in [6.45, 7) is 0. The summed E-state index contributed by atoms with van der Waals surface area (Å²) >= 11 is 1.53. The van der Waals surface area contributed by atoms with E-state index in [1.165, 1.54) is 16.2 Å². The molecule has 0 atom stereocenters. The lowest BCUT2D eigenvalue weighted by Crippen LogP contribution is -2.25. The van der Waals surface area contributed by atoms with Gasteiger partial charge in [-0.3, -0.25) is 14.6 Å². The number of amides is 2. The molecule has 3 heterocycles. The highest BCUT2D eigenvalue weighted by Crippen LogP contribution is 2.41. The number of anilines is 2. The monoisotopic (exact) mass is 416 g/mol. The zero-order valence-electron chi connectivity index (χ0n) is 16.5. The molecule has 1 N–H and O–H groups in total. The Morgan fingerprint density at radius 3 is 2.83 bits per heavy atom. The van der Waals surface area contributed by atoms with Crippen molar-refractivity contribution in [2.45, 2.75) is 25.7 Å². The van der Waals surface area contributed by atoms with Gasteiger partial charge in [0, 0.05) is 23.7 Å². The molecule has 2 aromatic heterocycles. The number of para-hydroxylation sites is 1. The van der Waals surface area contributed by atoms with Crippen molar-refractivity contribution in [2.75, 3.05) is 17.3 Å².